The van der Waals surface area contributed by atoms with E-state index in [1.165, 1.54) is 0 Å². The minimum atomic E-state index is -0.536. The monoisotopic (exact) mass is 306 g/mol. The maximum absolute atomic E-state index is 11.9. The molecule has 0 aliphatic rings. The van der Waals surface area contributed by atoms with Gasteiger partial charge in [0.1, 0.15) is 5.60 Å². The number of hydrogen-bond donors (Lipinski definition) is 2. The zero-order chi connectivity index (χ0) is 16.8. The number of benzene rings is 1. The number of carbonyl (C=O) groups is 2. The molecule has 1 rings (SSSR count). The molecule has 1 unspecified atom stereocenters. The molecule has 5 heteroatoms. The van der Waals surface area contributed by atoms with E-state index in [0.29, 0.717) is 0 Å². The molecule has 0 aliphatic carbocycles. The van der Waals surface area contributed by atoms with Crippen LogP contribution in [-0.2, 0) is 9.53 Å². The summed E-state index contributed by atoms with van der Waals surface area (Å²) in [7, 11) is 0. The standard InChI is InChI=1S/C17H26N2O3/c1-12-8-6-7-9-14(12)13(2)19-15(20)10-11-18-16(21)22-17(3,4)5/h6-9,13H,10-11H2,1-5H3,(H,18,21)(H,19,20). The van der Waals surface area contributed by atoms with Gasteiger partial charge in [0.2, 0.25) is 5.91 Å². The second-order valence-electron chi connectivity index (χ2n) is 6.32. The van der Waals surface area contributed by atoms with Crippen LogP contribution in [0.25, 0.3) is 0 Å². The molecule has 1 aromatic carbocycles. The van der Waals surface area contributed by atoms with E-state index >= 15 is 0 Å². The molecule has 5 nitrogen and oxygen atoms in total. The lowest BCUT2D eigenvalue weighted by Gasteiger charge is -2.20. The molecular formula is C17H26N2O3. The van der Waals surface area contributed by atoms with Gasteiger partial charge in [-0.1, -0.05) is 24.3 Å². The number of aryl methyl sites for hydroxylation is 1. The summed E-state index contributed by atoms with van der Waals surface area (Å²) in [6.07, 6.45) is -0.289. The van der Waals surface area contributed by atoms with Gasteiger partial charge in [-0.15, -0.1) is 0 Å². The Morgan fingerprint density at radius 2 is 1.86 bits per heavy atom. The molecular weight excluding hydrogens is 280 g/mol. The van der Waals surface area contributed by atoms with Crippen molar-refractivity contribution in [1.29, 1.82) is 0 Å². The minimum Gasteiger partial charge on any atom is -0.444 e. The van der Waals surface area contributed by atoms with Gasteiger partial charge in [0.15, 0.2) is 0 Å². The Balaban J connectivity index is 2.35. The van der Waals surface area contributed by atoms with Crippen LogP contribution in [0.4, 0.5) is 4.79 Å². The van der Waals surface area contributed by atoms with Crippen LogP contribution in [0.1, 0.15) is 51.3 Å². The number of alkyl carbamates (subject to hydrolysis) is 1. The number of ether oxygens (including phenoxy) is 1. The zero-order valence-electron chi connectivity index (χ0n) is 14.0. The molecule has 22 heavy (non-hydrogen) atoms. The number of amides is 2. The Kier molecular flexibility index (Phi) is 6.40. The van der Waals surface area contributed by atoms with E-state index in [4.69, 9.17) is 4.74 Å². The predicted molar refractivity (Wildman–Crippen MR) is 86.6 cm³/mol. The molecule has 122 valence electrons. The van der Waals surface area contributed by atoms with Crippen molar-refractivity contribution in [2.75, 3.05) is 6.54 Å². The first kappa shape index (κ1) is 18.0. The Bertz CT molecular complexity index is 521. The molecule has 2 N–H and O–H groups in total. The average Bonchev–Trinajstić information content (AvgIpc) is 2.36. The van der Waals surface area contributed by atoms with Crippen molar-refractivity contribution in [2.45, 2.75) is 52.7 Å². The first-order valence-electron chi connectivity index (χ1n) is 7.51. The number of rotatable bonds is 5. The van der Waals surface area contributed by atoms with Crippen molar-refractivity contribution in [2.24, 2.45) is 0 Å². The Labute approximate surface area is 132 Å². The summed E-state index contributed by atoms with van der Waals surface area (Å²) in [5.74, 6) is -0.105. The molecule has 0 saturated heterocycles. The van der Waals surface area contributed by atoms with Crippen molar-refractivity contribution in [3.05, 3.63) is 35.4 Å². The van der Waals surface area contributed by atoms with E-state index in [1.807, 2.05) is 38.1 Å². The summed E-state index contributed by atoms with van der Waals surface area (Å²) in [5.41, 5.74) is 1.70. The topological polar surface area (TPSA) is 67.4 Å². The highest BCUT2D eigenvalue weighted by atomic mass is 16.6. The molecule has 1 atom stereocenters. The molecule has 1 aromatic rings. The van der Waals surface area contributed by atoms with Gasteiger partial charge in [0.25, 0.3) is 0 Å². The van der Waals surface area contributed by atoms with Crippen LogP contribution in [0, 0.1) is 6.92 Å². The lowest BCUT2D eigenvalue weighted by molar-refractivity contribution is -0.121. The van der Waals surface area contributed by atoms with Gasteiger partial charge in [0, 0.05) is 13.0 Å². The van der Waals surface area contributed by atoms with Gasteiger partial charge < -0.3 is 15.4 Å². The van der Waals surface area contributed by atoms with Crippen LogP contribution < -0.4 is 10.6 Å². The van der Waals surface area contributed by atoms with E-state index in [1.54, 1.807) is 20.8 Å². The fourth-order valence-corrected chi connectivity index (χ4v) is 2.06. The third-order valence-electron chi connectivity index (χ3n) is 3.05. The van der Waals surface area contributed by atoms with Crippen molar-refractivity contribution >= 4 is 12.0 Å². The zero-order valence-corrected chi connectivity index (χ0v) is 14.0. The molecule has 0 aliphatic heterocycles. The quantitative estimate of drug-likeness (QED) is 0.878. The normalized spacial score (nSPS) is 12.4. The smallest absolute Gasteiger partial charge is 0.407 e. The Hall–Kier alpha value is -2.04. The first-order chi connectivity index (χ1) is 10.2. The second-order valence-corrected chi connectivity index (χ2v) is 6.32. The fraction of sp³-hybridized carbons (Fsp3) is 0.529. The van der Waals surface area contributed by atoms with Gasteiger partial charge in [-0.05, 0) is 45.7 Å². The highest BCUT2D eigenvalue weighted by Crippen LogP contribution is 2.16. The van der Waals surface area contributed by atoms with E-state index in [0.717, 1.165) is 11.1 Å². The first-order valence-corrected chi connectivity index (χ1v) is 7.51. The second kappa shape index (κ2) is 7.82. The SMILES string of the molecule is Cc1ccccc1C(C)NC(=O)CCNC(=O)OC(C)(C)C. The maximum Gasteiger partial charge on any atom is 0.407 e. The number of hydrogen-bond acceptors (Lipinski definition) is 3. The molecule has 0 fully saturated rings. The highest BCUT2D eigenvalue weighted by molar-refractivity contribution is 5.77. The third kappa shape index (κ3) is 6.61. The number of nitrogens with one attached hydrogen (secondary N) is 2. The molecule has 0 heterocycles. The molecule has 0 aromatic heterocycles. The fourth-order valence-electron chi connectivity index (χ4n) is 2.06. The van der Waals surface area contributed by atoms with Crippen LogP contribution >= 0.6 is 0 Å². The molecule has 2 amide bonds. The van der Waals surface area contributed by atoms with Gasteiger partial charge in [-0.2, -0.15) is 0 Å². The molecule has 0 radical (unpaired) electrons. The van der Waals surface area contributed by atoms with Crippen molar-refractivity contribution in [3.63, 3.8) is 0 Å². The van der Waals surface area contributed by atoms with Crippen molar-refractivity contribution in [3.8, 4) is 0 Å². The molecule has 0 spiro atoms. The summed E-state index contributed by atoms with van der Waals surface area (Å²) >= 11 is 0. The lowest BCUT2D eigenvalue weighted by atomic mass is 10.0. The van der Waals surface area contributed by atoms with Crippen LogP contribution in [0.15, 0.2) is 24.3 Å². The van der Waals surface area contributed by atoms with Crippen molar-refractivity contribution < 1.29 is 14.3 Å². The van der Waals surface area contributed by atoms with Crippen LogP contribution in [0.3, 0.4) is 0 Å². The average molecular weight is 306 g/mol. The largest absolute Gasteiger partial charge is 0.444 e. The van der Waals surface area contributed by atoms with Gasteiger partial charge in [-0.3, -0.25) is 4.79 Å². The highest BCUT2D eigenvalue weighted by Gasteiger charge is 2.16. The summed E-state index contributed by atoms with van der Waals surface area (Å²) in [6, 6.07) is 7.88. The van der Waals surface area contributed by atoms with Gasteiger partial charge >= 0.3 is 6.09 Å². The molecule has 0 bridgehead atoms. The van der Waals surface area contributed by atoms with Gasteiger partial charge in [-0.25, -0.2) is 4.79 Å². The summed E-state index contributed by atoms with van der Waals surface area (Å²) < 4.78 is 5.10. The Morgan fingerprint density at radius 1 is 1.23 bits per heavy atom. The minimum absolute atomic E-state index is 0.0600. The third-order valence-corrected chi connectivity index (χ3v) is 3.05. The van der Waals surface area contributed by atoms with Crippen LogP contribution in [0.2, 0.25) is 0 Å². The summed E-state index contributed by atoms with van der Waals surface area (Å²) in [5, 5.41) is 5.50. The van der Waals surface area contributed by atoms with E-state index in [-0.39, 0.29) is 24.9 Å². The number of carbonyl (C=O) groups excluding carboxylic acids is 2. The lowest BCUT2D eigenvalue weighted by Crippen LogP contribution is -2.35. The van der Waals surface area contributed by atoms with Crippen LogP contribution in [0.5, 0.6) is 0 Å². The van der Waals surface area contributed by atoms with Crippen molar-refractivity contribution in [1.82, 2.24) is 10.6 Å². The maximum atomic E-state index is 11.9. The summed E-state index contributed by atoms with van der Waals surface area (Å²) in [6.45, 7) is 9.60. The van der Waals surface area contributed by atoms with E-state index in [9.17, 15) is 9.59 Å². The Morgan fingerprint density at radius 3 is 2.45 bits per heavy atom. The van der Waals surface area contributed by atoms with E-state index < -0.39 is 11.7 Å². The predicted octanol–water partition coefficient (Wildman–Crippen LogP) is 3.09. The molecule has 0 saturated carbocycles. The van der Waals surface area contributed by atoms with Gasteiger partial charge in [0.05, 0.1) is 6.04 Å². The van der Waals surface area contributed by atoms with E-state index in [2.05, 4.69) is 10.6 Å². The summed E-state index contributed by atoms with van der Waals surface area (Å²) in [4.78, 5) is 23.4. The van der Waals surface area contributed by atoms with Crippen LogP contribution in [-0.4, -0.2) is 24.1 Å².